The maximum absolute atomic E-state index is 12.5. The zero-order valence-corrected chi connectivity index (χ0v) is 21.3. The molecule has 7 nitrogen and oxygen atoms in total. The van der Waals surface area contributed by atoms with Gasteiger partial charge in [-0.05, 0) is 78.7 Å². The zero-order valence-electron chi connectivity index (χ0n) is 20.5. The summed E-state index contributed by atoms with van der Waals surface area (Å²) in [5.41, 5.74) is 3.98. The first-order valence-corrected chi connectivity index (χ1v) is 12.3. The minimum absolute atomic E-state index is 0.0246. The first kappa shape index (κ1) is 25.2. The Morgan fingerprint density at radius 1 is 1.11 bits per heavy atom. The van der Waals surface area contributed by atoms with Crippen LogP contribution in [0, 0.1) is 0 Å². The molecule has 1 aromatic heterocycles. The molecule has 0 atom stereocenters. The lowest BCUT2D eigenvalue weighted by Crippen LogP contribution is -2.34. The Labute approximate surface area is 215 Å². The zero-order chi connectivity index (χ0) is 25.7. The van der Waals surface area contributed by atoms with Crippen molar-refractivity contribution in [1.29, 1.82) is 0 Å². The summed E-state index contributed by atoms with van der Waals surface area (Å²) < 4.78 is 11.5. The number of nitrogens with one attached hydrogen (secondary N) is 2. The third-order valence-electron chi connectivity index (χ3n) is 5.67. The van der Waals surface area contributed by atoms with Crippen LogP contribution >= 0.6 is 12.2 Å². The number of unbranched alkanes of at least 4 members (excludes halogenated alkanes) is 1. The Bertz CT molecular complexity index is 1380. The van der Waals surface area contributed by atoms with E-state index in [1.54, 1.807) is 36.4 Å². The van der Waals surface area contributed by atoms with Crippen LogP contribution in [0.25, 0.3) is 22.6 Å². The summed E-state index contributed by atoms with van der Waals surface area (Å²) in [5.74, 6) is 1.05. The molecule has 0 unspecified atom stereocenters. The minimum atomic E-state index is -0.347. The van der Waals surface area contributed by atoms with E-state index in [-0.39, 0.29) is 16.8 Å². The summed E-state index contributed by atoms with van der Waals surface area (Å²) in [5, 5.41) is 16.3. The van der Waals surface area contributed by atoms with Crippen LogP contribution < -0.4 is 15.4 Å². The summed E-state index contributed by atoms with van der Waals surface area (Å²) in [6, 6.07) is 17.7. The number of aromatic hydroxyl groups is 1. The molecule has 0 aliphatic heterocycles. The molecule has 3 aromatic carbocycles. The van der Waals surface area contributed by atoms with Crippen LogP contribution in [0.1, 0.15) is 55.5 Å². The summed E-state index contributed by atoms with van der Waals surface area (Å²) in [4.78, 5) is 17.1. The van der Waals surface area contributed by atoms with E-state index in [4.69, 9.17) is 21.4 Å². The molecule has 0 fully saturated rings. The number of ether oxygens (including phenoxy) is 1. The van der Waals surface area contributed by atoms with Crippen molar-refractivity contribution in [3.8, 4) is 23.0 Å². The van der Waals surface area contributed by atoms with Crippen molar-refractivity contribution in [2.24, 2.45) is 0 Å². The number of oxazole rings is 1. The van der Waals surface area contributed by atoms with Crippen molar-refractivity contribution >= 4 is 40.0 Å². The molecule has 0 saturated carbocycles. The second-order valence-corrected chi connectivity index (χ2v) is 9.18. The Morgan fingerprint density at radius 3 is 2.58 bits per heavy atom. The topological polar surface area (TPSA) is 96.6 Å². The molecule has 186 valence electrons. The average molecular weight is 504 g/mol. The molecule has 0 bridgehead atoms. The molecule has 1 amide bonds. The maximum atomic E-state index is 12.5. The molecule has 0 aliphatic rings. The number of phenolic OH excluding ortho intramolecular Hbond substituents is 1. The lowest BCUT2D eigenvalue weighted by Gasteiger charge is -2.11. The van der Waals surface area contributed by atoms with E-state index in [9.17, 15) is 9.90 Å². The van der Waals surface area contributed by atoms with Crippen LogP contribution in [0.3, 0.4) is 0 Å². The molecular weight excluding hydrogens is 474 g/mol. The standard InChI is InChI=1S/C28H29N3O4S/c1-4-5-14-34-21-10-6-18(7-11-21)26(33)31-28(36)29-20-9-12-22(24(32)16-20)27-30-23-15-19(17(2)3)8-13-25(23)35-27/h6-13,15-17,32H,4-5,14H2,1-3H3,(H2,29,31,33,36). The van der Waals surface area contributed by atoms with Gasteiger partial charge in [0.25, 0.3) is 5.91 Å². The highest BCUT2D eigenvalue weighted by Gasteiger charge is 2.15. The lowest BCUT2D eigenvalue weighted by molar-refractivity contribution is 0.0977. The number of hydrogen-bond donors (Lipinski definition) is 3. The number of aromatic nitrogens is 1. The van der Waals surface area contributed by atoms with Gasteiger partial charge in [-0.2, -0.15) is 0 Å². The number of amides is 1. The Kier molecular flexibility index (Phi) is 7.85. The molecule has 8 heteroatoms. The van der Waals surface area contributed by atoms with Gasteiger partial charge in [0.15, 0.2) is 10.7 Å². The van der Waals surface area contributed by atoms with Gasteiger partial charge in [-0.3, -0.25) is 10.1 Å². The van der Waals surface area contributed by atoms with Crippen LogP contribution in [0.5, 0.6) is 11.5 Å². The molecule has 1 heterocycles. The Balaban J connectivity index is 1.39. The van der Waals surface area contributed by atoms with E-state index in [1.807, 2.05) is 18.2 Å². The van der Waals surface area contributed by atoms with Crippen LogP contribution in [0.15, 0.2) is 65.1 Å². The molecule has 0 spiro atoms. The molecule has 3 N–H and O–H groups in total. The summed E-state index contributed by atoms with van der Waals surface area (Å²) in [6.45, 7) is 6.98. The largest absolute Gasteiger partial charge is 0.507 e. The number of anilines is 1. The molecule has 4 aromatic rings. The van der Waals surface area contributed by atoms with Gasteiger partial charge in [-0.25, -0.2) is 4.98 Å². The van der Waals surface area contributed by atoms with Gasteiger partial charge in [0.2, 0.25) is 5.89 Å². The lowest BCUT2D eigenvalue weighted by atomic mass is 10.0. The third kappa shape index (κ3) is 6.01. The molecule has 4 rings (SSSR count). The Hall–Kier alpha value is -3.91. The second-order valence-electron chi connectivity index (χ2n) is 8.77. The van der Waals surface area contributed by atoms with Crippen molar-refractivity contribution in [2.45, 2.75) is 39.5 Å². The fourth-order valence-corrected chi connectivity index (χ4v) is 3.79. The van der Waals surface area contributed by atoms with Crippen molar-refractivity contribution in [1.82, 2.24) is 10.3 Å². The number of nitrogens with zero attached hydrogens (tertiary/aromatic N) is 1. The number of carbonyl (C=O) groups is 1. The smallest absolute Gasteiger partial charge is 0.257 e. The molecule has 36 heavy (non-hydrogen) atoms. The number of benzene rings is 3. The number of phenols is 1. The van der Waals surface area contributed by atoms with Gasteiger partial charge in [0.1, 0.15) is 17.0 Å². The summed E-state index contributed by atoms with van der Waals surface area (Å²) >= 11 is 5.27. The van der Waals surface area contributed by atoms with Gasteiger partial charge in [0, 0.05) is 17.3 Å². The van der Waals surface area contributed by atoms with Crippen molar-refractivity contribution in [3.63, 3.8) is 0 Å². The van der Waals surface area contributed by atoms with Crippen molar-refractivity contribution in [3.05, 3.63) is 71.8 Å². The van der Waals surface area contributed by atoms with Crippen LogP contribution in [0.2, 0.25) is 0 Å². The fraction of sp³-hybridized carbons (Fsp3) is 0.250. The summed E-state index contributed by atoms with van der Waals surface area (Å²) in [7, 11) is 0. The highest BCUT2D eigenvalue weighted by Crippen LogP contribution is 2.33. The van der Waals surface area contributed by atoms with Crippen molar-refractivity contribution < 1.29 is 19.1 Å². The Morgan fingerprint density at radius 2 is 1.89 bits per heavy atom. The van der Waals surface area contributed by atoms with Crippen molar-refractivity contribution in [2.75, 3.05) is 11.9 Å². The predicted molar refractivity (Wildman–Crippen MR) is 146 cm³/mol. The number of thiocarbonyl (C=S) groups is 1. The van der Waals surface area contributed by atoms with Crippen LogP contribution in [0.4, 0.5) is 5.69 Å². The van der Waals surface area contributed by atoms with Gasteiger partial charge in [0.05, 0.1) is 12.2 Å². The number of fused-ring (bicyclic) bond motifs is 1. The van der Waals surface area contributed by atoms with E-state index >= 15 is 0 Å². The SMILES string of the molecule is CCCCOc1ccc(C(=O)NC(=S)Nc2ccc(-c3nc4cc(C(C)C)ccc4o3)c(O)c2)cc1. The highest BCUT2D eigenvalue weighted by molar-refractivity contribution is 7.80. The first-order chi connectivity index (χ1) is 17.3. The van der Waals surface area contributed by atoms with E-state index in [0.717, 1.165) is 29.7 Å². The predicted octanol–water partition coefficient (Wildman–Crippen LogP) is 6.63. The van der Waals surface area contributed by atoms with Gasteiger partial charge < -0.3 is 19.6 Å². The molecular formula is C28H29N3O4S. The normalized spacial score (nSPS) is 11.0. The van der Waals surface area contributed by atoms with E-state index < -0.39 is 0 Å². The van der Waals surface area contributed by atoms with E-state index in [0.29, 0.717) is 40.8 Å². The number of rotatable bonds is 8. The summed E-state index contributed by atoms with van der Waals surface area (Å²) in [6.07, 6.45) is 2.04. The van der Waals surface area contributed by atoms with E-state index in [1.165, 1.54) is 6.07 Å². The first-order valence-electron chi connectivity index (χ1n) is 11.9. The number of carbonyl (C=O) groups excluding carboxylic acids is 1. The molecule has 0 radical (unpaired) electrons. The van der Waals surface area contributed by atoms with Gasteiger partial charge in [-0.1, -0.05) is 33.3 Å². The monoisotopic (exact) mass is 503 g/mol. The quantitative estimate of drug-likeness (QED) is 0.183. The minimum Gasteiger partial charge on any atom is -0.507 e. The van der Waals surface area contributed by atoms with Gasteiger partial charge in [-0.15, -0.1) is 0 Å². The maximum Gasteiger partial charge on any atom is 0.257 e. The third-order valence-corrected chi connectivity index (χ3v) is 5.88. The van der Waals surface area contributed by atoms with Gasteiger partial charge >= 0.3 is 0 Å². The molecule has 0 aliphatic carbocycles. The fourth-order valence-electron chi connectivity index (χ4n) is 3.58. The number of hydrogen-bond acceptors (Lipinski definition) is 6. The highest BCUT2D eigenvalue weighted by atomic mass is 32.1. The second kappa shape index (κ2) is 11.2. The average Bonchev–Trinajstić information content (AvgIpc) is 3.27. The van der Waals surface area contributed by atoms with E-state index in [2.05, 4.69) is 36.4 Å². The molecule has 0 saturated heterocycles. The van der Waals surface area contributed by atoms with Crippen LogP contribution in [-0.4, -0.2) is 27.7 Å². The van der Waals surface area contributed by atoms with Crippen LogP contribution in [-0.2, 0) is 0 Å².